The maximum Gasteiger partial charge on any atom is 0.352 e. The monoisotopic (exact) mass is 502 g/mol. The van der Waals surface area contributed by atoms with Crippen molar-refractivity contribution in [3.8, 4) is 22.8 Å². The third-order valence-electron chi connectivity index (χ3n) is 5.48. The van der Waals surface area contributed by atoms with E-state index in [0.717, 1.165) is 10.8 Å². The highest BCUT2D eigenvalue weighted by molar-refractivity contribution is 5.98. The molecule has 0 fully saturated rings. The van der Waals surface area contributed by atoms with Crippen LogP contribution < -0.4 is 10.9 Å². The highest BCUT2D eigenvalue weighted by Gasteiger charge is 2.30. The van der Waals surface area contributed by atoms with Crippen LogP contribution in [0.1, 0.15) is 24.5 Å². The Kier molecular flexibility index (Phi) is 7.28. The fourth-order valence-corrected chi connectivity index (χ4v) is 3.62. The van der Waals surface area contributed by atoms with Crippen LogP contribution in [0, 0.1) is 16.0 Å². The Morgan fingerprint density at radius 2 is 1.65 bits per heavy atom. The van der Waals surface area contributed by atoms with Gasteiger partial charge in [0, 0.05) is 11.1 Å². The molecule has 0 bridgehead atoms. The summed E-state index contributed by atoms with van der Waals surface area (Å²) in [4.78, 5) is 53.5. The number of carbonyl (C=O) groups is 2. The number of hydrogen-bond acceptors (Lipinski definition) is 9. The molecular formula is C25H22N6O6. The van der Waals surface area contributed by atoms with Gasteiger partial charge in [0.15, 0.2) is 0 Å². The number of nitro groups is 1. The Morgan fingerprint density at radius 1 is 1.03 bits per heavy atom. The van der Waals surface area contributed by atoms with Crippen molar-refractivity contribution in [3.63, 3.8) is 0 Å². The van der Waals surface area contributed by atoms with Crippen LogP contribution >= 0.6 is 0 Å². The number of amides is 1. The lowest BCUT2D eigenvalue weighted by molar-refractivity contribution is -0.386. The number of nitrogens with zero attached hydrogens (tertiary/aromatic N) is 5. The molecular weight excluding hydrogens is 480 g/mol. The van der Waals surface area contributed by atoms with E-state index in [1.165, 1.54) is 0 Å². The predicted molar refractivity (Wildman–Crippen MR) is 131 cm³/mol. The van der Waals surface area contributed by atoms with Crippen molar-refractivity contribution < 1.29 is 18.9 Å². The lowest BCUT2D eigenvalue weighted by Gasteiger charge is -2.20. The zero-order valence-electron chi connectivity index (χ0n) is 19.9. The zero-order chi connectivity index (χ0) is 26.5. The molecule has 12 nitrogen and oxygen atoms in total. The van der Waals surface area contributed by atoms with Gasteiger partial charge < -0.3 is 9.73 Å². The molecule has 4 rings (SSSR count). The first-order chi connectivity index (χ1) is 17.8. The molecule has 1 amide bonds. The van der Waals surface area contributed by atoms with Crippen molar-refractivity contribution in [3.05, 3.63) is 93.2 Å². The smallest absolute Gasteiger partial charge is 0.352 e. The standard InChI is InChI=1S/C25H22N6O6/c1-15(2)20(21(33)24-29-28-23(37-24)17-11-7-4-8-12-17)27-19(32)14-30-22(16-9-5-3-6-10-16)26-13-18(25(30)34)31(35)36/h3-13,15,20H,14H2,1-2H3,(H,27,32)/t20-/m1/s1. The van der Waals surface area contributed by atoms with Crippen LogP contribution in [-0.4, -0.2) is 42.4 Å². The van der Waals surface area contributed by atoms with E-state index in [0.29, 0.717) is 11.1 Å². The molecule has 12 heteroatoms. The fraction of sp³-hybridized carbons (Fsp3) is 0.200. The van der Waals surface area contributed by atoms with Crippen LogP contribution in [0.2, 0.25) is 0 Å². The van der Waals surface area contributed by atoms with Gasteiger partial charge in [-0.05, 0) is 18.1 Å². The van der Waals surface area contributed by atoms with E-state index in [1.54, 1.807) is 68.4 Å². The summed E-state index contributed by atoms with van der Waals surface area (Å²) < 4.78 is 6.44. The average Bonchev–Trinajstić information content (AvgIpc) is 3.39. The zero-order valence-corrected chi connectivity index (χ0v) is 19.9. The van der Waals surface area contributed by atoms with Gasteiger partial charge in [-0.15, -0.1) is 10.2 Å². The van der Waals surface area contributed by atoms with Crippen molar-refractivity contribution in [1.29, 1.82) is 0 Å². The van der Waals surface area contributed by atoms with Gasteiger partial charge in [0.25, 0.3) is 5.89 Å². The van der Waals surface area contributed by atoms with Gasteiger partial charge in [-0.2, -0.15) is 0 Å². The molecule has 0 saturated heterocycles. The van der Waals surface area contributed by atoms with Crippen LogP contribution in [0.4, 0.5) is 5.69 Å². The molecule has 4 aromatic rings. The summed E-state index contributed by atoms with van der Waals surface area (Å²) in [6.07, 6.45) is 0.861. The molecule has 2 aromatic carbocycles. The van der Waals surface area contributed by atoms with Gasteiger partial charge in [-0.3, -0.25) is 29.1 Å². The minimum atomic E-state index is -1.06. The molecule has 2 aromatic heterocycles. The topological polar surface area (TPSA) is 163 Å². The highest BCUT2D eigenvalue weighted by Crippen LogP contribution is 2.20. The maximum absolute atomic E-state index is 13.1. The van der Waals surface area contributed by atoms with Gasteiger partial charge in [-0.1, -0.05) is 62.4 Å². The molecule has 0 aliphatic heterocycles. The Hall–Kier alpha value is -5.00. The van der Waals surface area contributed by atoms with Crippen LogP contribution in [0.25, 0.3) is 22.8 Å². The van der Waals surface area contributed by atoms with E-state index in [2.05, 4.69) is 20.5 Å². The summed E-state index contributed by atoms with van der Waals surface area (Å²) in [5.74, 6) is -1.76. The summed E-state index contributed by atoms with van der Waals surface area (Å²) in [7, 11) is 0. The van der Waals surface area contributed by atoms with Gasteiger partial charge in [0.05, 0.1) is 11.0 Å². The van der Waals surface area contributed by atoms with E-state index in [1.807, 2.05) is 6.07 Å². The van der Waals surface area contributed by atoms with E-state index in [9.17, 15) is 24.5 Å². The lowest BCUT2D eigenvalue weighted by Crippen LogP contribution is -2.46. The normalized spacial score (nSPS) is 11.8. The number of rotatable bonds is 9. The largest absolute Gasteiger partial charge is 0.414 e. The molecule has 0 aliphatic rings. The van der Waals surface area contributed by atoms with Crippen LogP contribution in [0.15, 0.2) is 76.1 Å². The minimum Gasteiger partial charge on any atom is -0.414 e. The van der Waals surface area contributed by atoms with Crippen LogP contribution in [-0.2, 0) is 11.3 Å². The van der Waals surface area contributed by atoms with Gasteiger partial charge >= 0.3 is 11.2 Å². The molecule has 0 radical (unpaired) electrons. The van der Waals surface area contributed by atoms with E-state index in [-0.39, 0.29) is 23.5 Å². The number of benzene rings is 2. The van der Waals surface area contributed by atoms with Crippen molar-refractivity contribution in [1.82, 2.24) is 25.1 Å². The van der Waals surface area contributed by atoms with Gasteiger partial charge in [0.2, 0.25) is 17.6 Å². The quantitative estimate of drug-likeness (QED) is 0.206. The summed E-state index contributed by atoms with van der Waals surface area (Å²) in [6, 6.07) is 16.3. The number of aromatic nitrogens is 4. The Labute approximate surface area is 210 Å². The Balaban J connectivity index is 1.60. The number of ketones is 1. The van der Waals surface area contributed by atoms with Crippen molar-refractivity contribution in [2.75, 3.05) is 0 Å². The SMILES string of the molecule is CC(C)[C@@H](NC(=O)Cn1c(-c2ccccc2)ncc([N+](=O)[O-])c1=O)C(=O)c1nnc(-c2ccccc2)o1. The maximum atomic E-state index is 13.1. The van der Waals surface area contributed by atoms with Crippen LogP contribution in [0.3, 0.4) is 0 Å². The van der Waals surface area contributed by atoms with E-state index >= 15 is 0 Å². The molecule has 0 aliphatic carbocycles. The van der Waals surface area contributed by atoms with Gasteiger partial charge in [-0.25, -0.2) is 4.98 Å². The molecule has 0 saturated carbocycles. The minimum absolute atomic E-state index is 0.0724. The summed E-state index contributed by atoms with van der Waals surface area (Å²) >= 11 is 0. The second kappa shape index (κ2) is 10.7. The van der Waals surface area contributed by atoms with E-state index in [4.69, 9.17) is 4.42 Å². The molecule has 188 valence electrons. The van der Waals surface area contributed by atoms with Crippen LogP contribution in [0.5, 0.6) is 0 Å². The third-order valence-corrected chi connectivity index (χ3v) is 5.48. The fourth-order valence-electron chi connectivity index (χ4n) is 3.62. The summed E-state index contributed by atoms with van der Waals surface area (Å²) in [6.45, 7) is 2.83. The van der Waals surface area contributed by atoms with Crippen molar-refractivity contribution in [2.24, 2.45) is 5.92 Å². The Bertz CT molecular complexity index is 1500. The number of hydrogen-bond donors (Lipinski definition) is 1. The average molecular weight is 502 g/mol. The lowest BCUT2D eigenvalue weighted by atomic mass is 9.99. The number of Topliss-reactive ketones (excluding diaryl/α,β-unsaturated/α-hetero) is 1. The van der Waals surface area contributed by atoms with E-state index < -0.39 is 40.4 Å². The summed E-state index contributed by atoms with van der Waals surface area (Å²) in [5, 5.41) is 21.6. The summed E-state index contributed by atoms with van der Waals surface area (Å²) in [5.41, 5.74) is -0.655. The number of nitrogens with one attached hydrogen (secondary N) is 1. The molecule has 37 heavy (non-hydrogen) atoms. The first-order valence-corrected chi connectivity index (χ1v) is 11.3. The second-order valence-electron chi connectivity index (χ2n) is 8.41. The van der Waals surface area contributed by atoms with Crippen molar-refractivity contribution >= 4 is 17.4 Å². The van der Waals surface area contributed by atoms with Gasteiger partial charge in [0.1, 0.15) is 18.6 Å². The molecule has 1 atom stereocenters. The Morgan fingerprint density at radius 3 is 2.24 bits per heavy atom. The third kappa shape index (κ3) is 5.48. The highest BCUT2D eigenvalue weighted by atomic mass is 16.6. The second-order valence-corrected chi connectivity index (χ2v) is 8.41. The molecule has 0 unspecified atom stereocenters. The first-order valence-electron chi connectivity index (χ1n) is 11.3. The van der Waals surface area contributed by atoms with Crippen molar-refractivity contribution in [2.45, 2.75) is 26.4 Å². The molecule has 2 heterocycles. The molecule has 0 spiro atoms. The predicted octanol–water partition coefficient (Wildman–Crippen LogP) is 2.89. The molecule has 1 N–H and O–H groups in total. The first kappa shape index (κ1) is 25.1. The number of carbonyl (C=O) groups excluding carboxylic acids is 2.